The fourth-order valence-corrected chi connectivity index (χ4v) is 1.68. The number of anilines is 1. The summed E-state index contributed by atoms with van der Waals surface area (Å²) in [6.07, 6.45) is 1.72. The minimum Gasteiger partial charge on any atom is -0.384 e. The van der Waals surface area contributed by atoms with Crippen LogP contribution >= 0.6 is 11.6 Å². The van der Waals surface area contributed by atoms with Gasteiger partial charge in [0.1, 0.15) is 5.82 Å². The van der Waals surface area contributed by atoms with Crippen LogP contribution in [0.2, 0.25) is 5.02 Å². The summed E-state index contributed by atoms with van der Waals surface area (Å²) in [5.41, 5.74) is 7.03. The molecule has 0 saturated heterocycles. The third kappa shape index (κ3) is 2.65. The smallest absolute Gasteiger partial charge is 0.251 e. The van der Waals surface area contributed by atoms with Gasteiger partial charge in [0, 0.05) is 12.3 Å². The fourth-order valence-electron chi connectivity index (χ4n) is 1.51. The molecule has 0 aliphatic carbocycles. The molecule has 0 atom stereocenters. The van der Waals surface area contributed by atoms with E-state index in [1.54, 1.807) is 29.0 Å². The molecule has 2 rings (SSSR count). The Morgan fingerprint density at radius 1 is 1.41 bits per heavy atom. The van der Waals surface area contributed by atoms with Gasteiger partial charge in [-0.2, -0.15) is 0 Å². The Morgan fingerprint density at radius 3 is 2.88 bits per heavy atom. The van der Waals surface area contributed by atoms with Crippen molar-refractivity contribution in [3.8, 4) is 0 Å². The van der Waals surface area contributed by atoms with Gasteiger partial charge in [-0.25, -0.2) is 4.98 Å². The van der Waals surface area contributed by atoms with Crippen LogP contribution in [-0.4, -0.2) is 9.55 Å². The molecule has 0 unspecified atom stereocenters. The number of halogens is 1. The van der Waals surface area contributed by atoms with Crippen molar-refractivity contribution in [3.63, 3.8) is 0 Å². The zero-order valence-electron chi connectivity index (χ0n) is 9.35. The van der Waals surface area contributed by atoms with Crippen molar-refractivity contribution in [2.24, 2.45) is 0 Å². The van der Waals surface area contributed by atoms with Crippen LogP contribution < -0.4 is 11.3 Å². The number of hydrogen-bond acceptors (Lipinski definition) is 3. The van der Waals surface area contributed by atoms with Crippen LogP contribution in [0.5, 0.6) is 0 Å². The third-order valence-electron chi connectivity index (χ3n) is 2.41. The summed E-state index contributed by atoms with van der Waals surface area (Å²) >= 11 is 6.00. The van der Waals surface area contributed by atoms with Gasteiger partial charge >= 0.3 is 0 Å². The first-order valence-corrected chi connectivity index (χ1v) is 5.52. The highest BCUT2D eigenvalue weighted by Crippen LogP contribution is 2.15. The minimum absolute atomic E-state index is 0.0784. The first kappa shape index (κ1) is 11.7. The molecular weight excluding hydrogens is 238 g/mol. The SMILES string of the molecule is Cc1ccn(Cc2nc(N)ccc2Cl)c(=O)c1. The molecule has 5 heteroatoms. The maximum Gasteiger partial charge on any atom is 0.251 e. The predicted octanol–water partition coefficient (Wildman–Crippen LogP) is 1.84. The van der Waals surface area contributed by atoms with Crippen molar-refractivity contribution in [3.05, 3.63) is 57.1 Å². The Bertz CT molecular complexity index is 607. The van der Waals surface area contributed by atoms with E-state index < -0.39 is 0 Å². The van der Waals surface area contributed by atoms with Gasteiger partial charge in [-0.3, -0.25) is 4.79 Å². The molecule has 17 heavy (non-hydrogen) atoms. The van der Waals surface area contributed by atoms with Gasteiger partial charge < -0.3 is 10.3 Å². The lowest BCUT2D eigenvalue weighted by Gasteiger charge is -2.07. The van der Waals surface area contributed by atoms with E-state index in [0.717, 1.165) is 5.56 Å². The van der Waals surface area contributed by atoms with E-state index in [1.807, 2.05) is 13.0 Å². The minimum atomic E-state index is -0.0784. The van der Waals surface area contributed by atoms with Crippen LogP contribution in [-0.2, 0) is 6.54 Å². The second-order valence-corrected chi connectivity index (χ2v) is 4.24. The van der Waals surface area contributed by atoms with E-state index in [9.17, 15) is 4.79 Å². The average molecular weight is 250 g/mol. The Morgan fingerprint density at radius 2 is 2.18 bits per heavy atom. The third-order valence-corrected chi connectivity index (χ3v) is 2.76. The Labute approximate surface area is 104 Å². The molecule has 0 radical (unpaired) electrons. The van der Waals surface area contributed by atoms with Gasteiger partial charge in [-0.05, 0) is 30.7 Å². The molecule has 0 bridgehead atoms. The lowest BCUT2D eigenvalue weighted by Crippen LogP contribution is -2.20. The molecule has 0 spiro atoms. The van der Waals surface area contributed by atoms with Gasteiger partial charge in [0.2, 0.25) is 0 Å². The topological polar surface area (TPSA) is 60.9 Å². The second kappa shape index (κ2) is 4.59. The van der Waals surface area contributed by atoms with Gasteiger partial charge in [-0.15, -0.1) is 0 Å². The van der Waals surface area contributed by atoms with Crippen molar-refractivity contribution in [1.29, 1.82) is 0 Å². The number of aryl methyl sites for hydroxylation is 1. The number of nitrogen functional groups attached to an aromatic ring is 1. The first-order chi connectivity index (χ1) is 8.06. The quantitative estimate of drug-likeness (QED) is 0.883. The molecule has 0 amide bonds. The van der Waals surface area contributed by atoms with Crippen molar-refractivity contribution in [2.45, 2.75) is 13.5 Å². The molecule has 0 aromatic carbocycles. The summed E-state index contributed by atoms with van der Waals surface area (Å²) in [7, 11) is 0. The molecule has 2 N–H and O–H groups in total. The van der Waals surface area contributed by atoms with E-state index >= 15 is 0 Å². The monoisotopic (exact) mass is 249 g/mol. The predicted molar refractivity (Wildman–Crippen MR) is 68.2 cm³/mol. The van der Waals surface area contributed by atoms with Crippen LogP contribution in [0.15, 0.2) is 35.3 Å². The van der Waals surface area contributed by atoms with Gasteiger partial charge in [0.05, 0.1) is 17.3 Å². The second-order valence-electron chi connectivity index (χ2n) is 3.83. The summed E-state index contributed by atoms with van der Waals surface area (Å²) in [5.74, 6) is 0.393. The lowest BCUT2D eigenvalue weighted by molar-refractivity contribution is 0.739. The number of nitrogens with two attached hydrogens (primary N) is 1. The highest BCUT2D eigenvalue weighted by atomic mass is 35.5. The van der Waals surface area contributed by atoms with E-state index in [2.05, 4.69) is 4.98 Å². The molecule has 2 heterocycles. The summed E-state index contributed by atoms with van der Waals surface area (Å²) in [4.78, 5) is 15.8. The molecule has 0 saturated carbocycles. The Balaban J connectivity index is 2.38. The normalized spacial score (nSPS) is 10.5. The van der Waals surface area contributed by atoms with E-state index in [4.69, 9.17) is 17.3 Å². The van der Waals surface area contributed by atoms with Gasteiger partial charge in [0.15, 0.2) is 0 Å². The molecule has 0 aliphatic rings. The molecule has 4 nitrogen and oxygen atoms in total. The molecule has 0 fully saturated rings. The standard InChI is InChI=1S/C12H12ClN3O/c1-8-4-5-16(12(17)6-8)7-10-9(13)2-3-11(14)15-10/h2-6H,7H2,1H3,(H2,14,15). The first-order valence-electron chi connectivity index (χ1n) is 5.14. The van der Waals surface area contributed by atoms with Crippen molar-refractivity contribution >= 4 is 17.4 Å². The molecule has 2 aromatic rings. The maximum atomic E-state index is 11.7. The maximum absolute atomic E-state index is 11.7. The highest BCUT2D eigenvalue weighted by Gasteiger charge is 2.05. The Kier molecular flexibility index (Phi) is 3.15. The van der Waals surface area contributed by atoms with Crippen LogP contribution in [0, 0.1) is 6.92 Å². The number of pyridine rings is 2. The summed E-state index contributed by atoms with van der Waals surface area (Å²) in [6, 6.07) is 6.74. The Hall–Kier alpha value is -1.81. The van der Waals surface area contributed by atoms with Gasteiger partial charge in [-0.1, -0.05) is 11.6 Å². The van der Waals surface area contributed by atoms with Gasteiger partial charge in [0.25, 0.3) is 5.56 Å². The fraction of sp³-hybridized carbons (Fsp3) is 0.167. The summed E-state index contributed by atoms with van der Waals surface area (Å²) < 4.78 is 1.54. The number of aromatic nitrogens is 2. The zero-order chi connectivity index (χ0) is 12.4. The van der Waals surface area contributed by atoms with Crippen molar-refractivity contribution < 1.29 is 0 Å². The van der Waals surface area contributed by atoms with Crippen LogP contribution in [0.1, 0.15) is 11.3 Å². The highest BCUT2D eigenvalue weighted by molar-refractivity contribution is 6.31. The lowest BCUT2D eigenvalue weighted by atomic mass is 10.3. The van der Waals surface area contributed by atoms with E-state index in [1.165, 1.54) is 0 Å². The average Bonchev–Trinajstić information content (AvgIpc) is 2.27. The molecule has 2 aromatic heterocycles. The molecule has 88 valence electrons. The summed E-state index contributed by atoms with van der Waals surface area (Å²) in [5, 5.41) is 0.506. The van der Waals surface area contributed by atoms with Crippen LogP contribution in [0.25, 0.3) is 0 Å². The number of nitrogens with zero attached hydrogens (tertiary/aromatic N) is 2. The molecule has 0 aliphatic heterocycles. The van der Waals surface area contributed by atoms with Crippen molar-refractivity contribution in [1.82, 2.24) is 9.55 Å². The van der Waals surface area contributed by atoms with Crippen molar-refractivity contribution in [2.75, 3.05) is 5.73 Å². The largest absolute Gasteiger partial charge is 0.384 e. The van der Waals surface area contributed by atoms with E-state index in [-0.39, 0.29) is 5.56 Å². The number of rotatable bonds is 2. The number of hydrogen-bond donors (Lipinski definition) is 1. The van der Waals surface area contributed by atoms with Crippen LogP contribution in [0.4, 0.5) is 5.82 Å². The summed E-state index contributed by atoms with van der Waals surface area (Å²) in [6.45, 7) is 2.19. The van der Waals surface area contributed by atoms with Crippen LogP contribution in [0.3, 0.4) is 0 Å². The van der Waals surface area contributed by atoms with E-state index in [0.29, 0.717) is 23.1 Å². The zero-order valence-corrected chi connectivity index (χ0v) is 10.1. The molecular formula is C12H12ClN3O.